The van der Waals surface area contributed by atoms with E-state index in [4.69, 9.17) is 0 Å². The molecule has 0 aliphatic rings. The zero-order chi connectivity index (χ0) is 16.6. The molecule has 0 N–H and O–H groups in total. The third kappa shape index (κ3) is 24.1. The summed E-state index contributed by atoms with van der Waals surface area (Å²) in [5.74, 6) is 0.659. The molecule has 22 heavy (non-hydrogen) atoms. The standard InChI is InChI=1S/C9H12.C5H5.F6P.Fe/c1-8(2)9-6-4-3-5-7-9;1-2-4-5-3-1;1-7(2,3,4,5)6;/h3-8H,1-2H3;1-5H;;/q;2*-1;+2. The summed E-state index contributed by atoms with van der Waals surface area (Å²) < 4.78 is 59.2. The molecule has 0 aliphatic heterocycles. The minimum atomic E-state index is -10.7. The molecule has 0 spiro atoms. The molecule has 128 valence electrons. The van der Waals surface area contributed by atoms with Crippen molar-refractivity contribution in [2.45, 2.75) is 19.8 Å². The topological polar surface area (TPSA) is 0 Å². The van der Waals surface area contributed by atoms with Crippen LogP contribution in [0.25, 0.3) is 0 Å². The SMILES string of the molecule is CC(C)c1ccccc1.F[P-](F)(F)(F)(F)F.[Fe+2].c1cc[cH-]c1. The molecule has 2 aromatic rings. The smallest absolute Gasteiger partial charge is 0.214 e. The Morgan fingerprint density at radius 2 is 1.14 bits per heavy atom. The quantitative estimate of drug-likeness (QED) is 0.205. The monoisotopic (exact) mass is 386 g/mol. The molecule has 0 heterocycles. The Balaban J connectivity index is 0. The first kappa shape index (κ1) is 23.4. The van der Waals surface area contributed by atoms with Crippen LogP contribution in [-0.4, -0.2) is 0 Å². The van der Waals surface area contributed by atoms with Crippen molar-refractivity contribution in [3.05, 3.63) is 66.2 Å². The van der Waals surface area contributed by atoms with Gasteiger partial charge in [-0.1, -0.05) is 44.2 Å². The van der Waals surface area contributed by atoms with Crippen molar-refractivity contribution < 1.29 is 42.3 Å². The van der Waals surface area contributed by atoms with Gasteiger partial charge in [-0.25, -0.2) is 12.1 Å². The fourth-order valence-corrected chi connectivity index (χ4v) is 1.16. The summed E-state index contributed by atoms with van der Waals surface area (Å²) in [6.07, 6.45) is 0. The Kier molecular flexibility index (Phi) is 8.60. The summed E-state index contributed by atoms with van der Waals surface area (Å²) in [7, 11) is -10.7. The second kappa shape index (κ2) is 8.09. The van der Waals surface area contributed by atoms with Crippen LogP contribution in [0.1, 0.15) is 25.3 Å². The van der Waals surface area contributed by atoms with E-state index in [0.29, 0.717) is 5.92 Å². The molecule has 0 saturated carbocycles. The van der Waals surface area contributed by atoms with E-state index in [9.17, 15) is 25.2 Å². The fourth-order valence-electron chi connectivity index (χ4n) is 1.16. The van der Waals surface area contributed by atoms with Crippen LogP contribution in [0.4, 0.5) is 25.2 Å². The van der Waals surface area contributed by atoms with E-state index in [1.807, 2.05) is 36.4 Å². The molecule has 0 bridgehead atoms. The van der Waals surface area contributed by atoms with E-state index in [1.54, 1.807) is 0 Å². The van der Waals surface area contributed by atoms with Crippen LogP contribution in [0.3, 0.4) is 0 Å². The first-order valence-corrected chi connectivity index (χ1v) is 8.06. The number of rotatable bonds is 1. The normalized spacial score (nSPS) is 13.3. The predicted octanol–water partition coefficient (Wildman–Crippen LogP) is 7.60. The summed E-state index contributed by atoms with van der Waals surface area (Å²) in [6.45, 7) is 4.41. The van der Waals surface area contributed by atoms with E-state index in [1.165, 1.54) is 5.56 Å². The van der Waals surface area contributed by atoms with Gasteiger partial charge in [0.1, 0.15) is 0 Å². The predicted molar refractivity (Wildman–Crippen MR) is 76.1 cm³/mol. The van der Waals surface area contributed by atoms with Gasteiger partial charge in [-0.3, -0.25) is 0 Å². The minimum absolute atomic E-state index is 0. The van der Waals surface area contributed by atoms with Gasteiger partial charge in [-0.2, -0.15) is 18.2 Å². The maximum atomic E-state index is 9.87. The fraction of sp³-hybridized carbons (Fsp3) is 0.214. The van der Waals surface area contributed by atoms with Crippen LogP contribution < -0.4 is 0 Å². The summed E-state index contributed by atoms with van der Waals surface area (Å²) in [5, 5.41) is 0. The third-order valence-corrected chi connectivity index (χ3v) is 2.02. The van der Waals surface area contributed by atoms with Crippen LogP contribution in [0.15, 0.2) is 60.7 Å². The van der Waals surface area contributed by atoms with Crippen LogP contribution in [0.2, 0.25) is 0 Å². The molecule has 0 atom stereocenters. The molecular weight excluding hydrogens is 369 g/mol. The Morgan fingerprint density at radius 3 is 1.32 bits per heavy atom. The molecule has 8 heteroatoms. The molecule has 2 rings (SSSR count). The minimum Gasteiger partial charge on any atom is -0.214 e. The van der Waals surface area contributed by atoms with Gasteiger partial charge in [-0.15, -0.1) is 0 Å². The van der Waals surface area contributed by atoms with Crippen LogP contribution in [0, 0.1) is 0 Å². The Bertz CT molecular complexity index is 462. The molecular formula is C14H17F6FeP. The van der Waals surface area contributed by atoms with Crippen molar-refractivity contribution in [2.75, 3.05) is 0 Å². The number of halogens is 6. The molecule has 0 radical (unpaired) electrons. The first-order valence-electron chi connectivity index (χ1n) is 6.03. The van der Waals surface area contributed by atoms with Gasteiger partial charge >= 0.3 is 50.1 Å². The second-order valence-electron chi connectivity index (χ2n) is 4.49. The van der Waals surface area contributed by atoms with Crippen molar-refractivity contribution >= 4 is 7.81 Å². The zero-order valence-corrected chi connectivity index (χ0v) is 13.9. The molecule has 0 fully saturated rings. The second-order valence-corrected chi connectivity index (χ2v) is 6.40. The van der Waals surface area contributed by atoms with Crippen molar-refractivity contribution in [1.82, 2.24) is 0 Å². The molecule has 0 amide bonds. The molecule has 0 nitrogen and oxygen atoms in total. The van der Waals surface area contributed by atoms with Gasteiger partial charge < -0.3 is 0 Å². The van der Waals surface area contributed by atoms with Crippen LogP contribution >= 0.6 is 7.81 Å². The van der Waals surface area contributed by atoms with Crippen molar-refractivity contribution in [1.29, 1.82) is 0 Å². The first-order chi connectivity index (χ1) is 9.25. The van der Waals surface area contributed by atoms with Gasteiger partial charge in [0, 0.05) is 0 Å². The average molecular weight is 386 g/mol. The third-order valence-electron chi connectivity index (χ3n) is 2.02. The summed E-state index contributed by atoms with van der Waals surface area (Å²) in [6, 6.07) is 20.5. The molecule has 2 aromatic carbocycles. The van der Waals surface area contributed by atoms with Gasteiger partial charge in [0.25, 0.3) is 0 Å². The molecule has 0 saturated heterocycles. The van der Waals surface area contributed by atoms with E-state index < -0.39 is 7.81 Å². The molecule has 0 unspecified atom stereocenters. The summed E-state index contributed by atoms with van der Waals surface area (Å²) in [5.41, 5.74) is 1.41. The van der Waals surface area contributed by atoms with Gasteiger partial charge in [0.15, 0.2) is 0 Å². The number of benzene rings is 1. The maximum Gasteiger partial charge on any atom is 2.00 e. The van der Waals surface area contributed by atoms with E-state index >= 15 is 0 Å². The van der Waals surface area contributed by atoms with Gasteiger partial charge in [0.2, 0.25) is 0 Å². The van der Waals surface area contributed by atoms with E-state index in [0.717, 1.165) is 0 Å². The maximum absolute atomic E-state index is 10.7. The van der Waals surface area contributed by atoms with Crippen LogP contribution in [0.5, 0.6) is 0 Å². The summed E-state index contributed by atoms with van der Waals surface area (Å²) in [4.78, 5) is 0. The van der Waals surface area contributed by atoms with Crippen molar-refractivity contribution in [3.63, 3.8) is 0 Å². The Morgan fingerprint density at radius 1 is 0.773 bits per heavy atom. The van der Waals surface area contributed by atoms with Crippen molar-refractivity contribution in [2.24, 2.45) is 0 Å². The van der Waals surface area contributed by atoms with Crippen LogP contribution in [-0.2, 0) is 17.1 Å². The Labute approximate surface area is 136 Å². The van der Waals surface area contributed by atoms with E-state index in [-0.39, 0.29) is 17.1 Å². The number of hydrogen-bond donors (Lipinski definition) is 0. The van der Waals surface area contributed by atoms with Gasteiger partial charge in [0.05, 0.1) is 0 Å². The molecule has 0 aliphatic carbocycles. The zero-order valence-electron chi connectivity index (χ0n) is 11.9. The average Bonchev–Trinajstić information content (AvgIpc) is 2.84. The molecule has 0 aromatic heterocycles. The van der Waals surface area contributed by atoms with Crippen molar-refractivity contribution in [3.8, 4) is 0 Å². The summed E-state index contributed by atoms with van der Waals surface area (Å²) >= 11 is 0. The van der Waals surface area contributed by atoms with E-state index in [2.05, 4.69) is 38.1 Å². The Hall–Kier alpha value is -0.901. The number of hydrogen-bond acceptors (Lipinski definition) is 0. The van der Waals surface area contributed by atoms with Gasteiger partial charge in [-0.05, 0) is 11.5 Å². The largest absolute Gasteiger partial charge is 2.00 e.